The molecule has 2 saturated carbocycles. The molecule has 0 atom stereocenters. The number of hydrogen-bond acceptors (Lipinski definition) is 3. The van der Waals surface area contributed by atoms with Crippen LogP contribution in [0.5, 0.6) is 0 Å². The lowest BCUT2D eigenvalue weighted by atomic mass is 10.2. The van der Waals surface area contributed by atoms with Crippen LogP contribution in [0.2, 0.25) is 0 Å². The van der Waals surface area contributed by atoms with Crippen molar-refractivity contribution < 1.29 is 9.59 Å². The van der Waals surface area contributed by atoms with Gasteiger partial charge in [0, 0.05) is 18.1 Å². The van der Waals surface area contributed by atoms with Gasteiger partial charge in [0.2, 0.25) is 11.8 Å². The molecule has 2 aliphatic carbocycles. The normalized spacial score (nSPS) is 19.8. The molecule has 5 nitrogen and oxygen atoms in total. The Morgan fingerprint density at radius 3 is 2.05 bits per heavy atom. The van der Waals surface area contributed by atoms with Crippen LogP contribution in [0.25, 0.3) is 0 Å². The van der Waals surface area contributed by atoms with Gasteiger partial charge in [0.1, 0.15) is 0 Å². The van der Waals surface area contributed by atoms with Gasteiger partial charge in [-0.15, -0.1) is 0 Å². The SMILES string of the molecule is CC(C)N(CC(N)=O)CC(=O)N(C1CCCC1)C1CC1. The predicted molar refractivity (Wildman–Crippen MR) is 78.0 cm³/mol. The first kappa shape index (κ1) is 15.3. The van der Waals surface area contributed by atoms with E-state index in [2.05, 4.69) is 4.90 Å². The van der Waals surface area contributed by atoms with E-state index in [9.17, 15) is 9.59 Å². The molecule has 2 amide bonds. The summed E-state index contributed by atoms with van der Waals surface area (Å²) in [5.41, 5.74) is 5.27. The van der Waals surface area contributed by atoms with Gasteiger partial charge in [-0.3, -0.25) is 14.5 Å². The van der Waals surface area contributed by atoms with E-state index in [1.165, 1.54) is 12.8 Å². The van der Waals surface area contributed by atoms with Gasteiger partial charge in [-0.25, -0.2) is 0 Å². The number of carbonyl (C=O) groups excluding carboxylic acids is 2. The molecule has 0 unspecified atom stereocenters. The average Bonchev–Trinajstić information content (AvgIpc) is 3.02. The lowest BCUT2D eigenvalue weighted by Gasteiger charge is -2.32. The van der Waals surface area contributed by atoms with Crippen molar-refractivity contribution in [1.29, 1.82) is 0 Å². The van der Waals surface area contributed by atoms with Gasteiger partial charge in [-0.1, -0.05) is 12.8 Å². The molecule has 2 N–H and O–H groups in total. The number of hydrogen-bond donors (Lipinski definition) is 1. The summed E-state index contributed by atoms with van der Waals surface area (Å²) in [5.74, 6) is -0.195. The minimum absolute atomic E-state index is 0.149. The van der Waals surface area contributed by atoms with Crippen LogP contribution in [-0.2, 0) is 9.59 Å². The zero-order valence-electron chi connectivity index (χ0n) is 12.7. The topological polar surface area (TPSA) is 66.6 Å². The van der Waals surface area contributed by atoms with E-state index in [1.54, 1.807) is 0 Å². The highest BCUT2D eigenvalue weighted by Crippen LogP contribution is 2.34. The van der Waals surface area contributed by atoms with Gasteiger partial charge in [-0.05, 0) is 39.5 Å². The second kappa shape index (κ2) is 6.57. The third-order valence-electron chi connectivity index (χ3n) is 4.37. The number of amides is 2. The van der Waals surface area contributed by atoms with Crippen molar-refractivity contribution in [2.24, 2.45) is 5.73 Å². The Morgan fingerprint density at radius 2 is 1.60 bits per heavy atom. The Hall–Kier alpha value is -1.10. The Morgan fingerprint density at radius 1 is 1.05 bits per heavy atom. The third-order valence-corrected chi connectivity index (χ3v) is 4.37. The molecule has 0 bridgehead atoms. The van der Waals surface area contributed by atoms with Gasteiger partial charge < -0.3 is 10.6 Å². The van der Waals surface area contributed by atoms with Crippen molar-refractivity contribution in [1.82, 2.24) is 9.80 Å². The van der Waals surface area contributed by atoms with Crippen LogP contribution in [0.3, 0.4) is 0 Å². The van der Waals surface area contributed by atoms with E-state index < -0.39 is 0 Å². The van der Waals surface area contributed by atoms with E-state index >= 15 is 0 Å². The monoisotopic (exact) mass is 281 g/mol. The summed E-state index contributed by atoms with van der Waals surface area (Å²) in [5, 5.41) is 0. The average molecular weight is 281 g/mol. The van der Waals surface area contributed by atoms with Crippen LogP contribution < -0.4 is 5.73 Å². The Bertz CT molecular complexity index is 360. The van der Waals surface area contributed by atoms with Crippen molar-refractivity contribution in [3.63, 3.8) is 0 Å². The molecule has 20 heavy (non-hydrogen) atoms. The fourth-order valence-electron chi connectivity index (χ4n) is 3.12. The summed E-state index contributed by atoms with van der Waals surface area (Å²) in [6.45, 7) is 4.46. The van der Waals surface area contributed by atoms with E-state index in [0.717, 1.165) is 25.7 Å². The van der Waals surface area contributed by atoms with Gasteiger partial charge >= 0.3 is 0 Å². The summed E-state index contributed by atoms with van der Waals surface area (Å²) in [4.78, 5) is 27.7. The number of rotatable bonds is 7. The van der Waals surface area contributed by atoms with Gasteiger partial charge in [0.05, 0.1) is 13.1 Å². The van der Waals surface area contributed by atoms with Crippen molar-refractivity contribution >= 4 is 11.8 Å². The zero-order valence-corrected chi connectivity index (χ0v) is 12.7. The Balaban J connectivity index is 1.97. The molecule has 2 aliphatic rings. The summed E-state index contributed by atoms with van der Waals surface area (Å²) in [6.07, 6.45) is 7.02. The summed E-state index contributed by atoms with van der Waals surface area (Å²) >= 11 is 0. The molecule has 0 aliphatic heterocycles. The molecule has 0 heterocycles. The van der Waals surface area contributed by atoms with E-state index in [4.69, 9.17) is 5.73 Å². The van der Waals surface area contributed by atoms with E-state index in [1.807, 2.05) is 18.7 Å². The lowest BCUT2D eigenvalue weighted by molar-refractivity contribution is -0.136. The smallest absolute Gasteiger partial charge is 0.237 e. The summed E-state index contributed by atoms with van der Waals surface area (Å²) in [7, 11) is 0. The Labute approximate surface area is 121 Å². The molecule has 0 aromatic heterocycles. The fraction of sp³-hybridized carbons (Fsp3) is 0.867. The van der Waals surface area contributed by atoms with Crippen molar-refractivity contribution in [2.45, 2.75) is 70.5 Å². The highest BCUT2D eigenvalue weighted by atomic mass is 16.2. The highest BCUT2D eigenvalue weighted by molar-refractivity contribution is 5.81. The van der Waals surface area contributed by atoms with Crippen LogP contribution in [0.1, 0.15) is 52.4 Å². The first-order chi connectivity index (χ1) is 9.49. The number of nitrogens with zero attached hydrogens (tertiary/aromatic N) is 2. The Kier molecular flexibility index (Phi) is 5.02. The molecule has 0 aromatic rings. The number of nitrogens with two attached hydrogens (primary N) is 1. The molecular weight excluding hydrogens is 254 g/mol. The second-order valence-corrected chi connectivity index (χ2v) is 6.44. The lowest BCUT2D eigenvalue weighted by Crippen LogP contribution is -2.49. The van der Waals surface area contributed by atoms with Crippen molar-refractivity contribution in [3.05, 3.63) is 0 Å². The number of primary amides is 1. The minimum atomic E-state index is -0.370. The maximum atomic E-state index is 12.6. The maximum absolute atomic E-state index is 12.6. The predicted octanol–water partition coefficient (Wildman–Crippen LogP) is 1.12. The zero-order chi connectivity index (χ0) is 14.7. The second-order valence-electron chi connectivity index (χ2n) is 6.44. The first-order valence-corrected chi connectivity index (χ1v) is 7.82. The maximum Gasteiger partial charge on any atom is 0.237 e. The third kappa shape index (κ3) is 3.95. The fourth-order valence-corrected chi connectivity index (χ4v) is 3.12. The summed E-state index contributed by atoms with van der Waals surface area (Å²) < 4.78 is 0. The van der Waals surface area contributed by atoms with E-state index in [0.29, 0.717) is 18.6 Å². The highest BCUT2D eigenvalue weighted by Gasteiger charge is 2.38. The molecule has 114 valence electrons. The largest absolute Gasteiger partial charge is 0.369 e. The molecular formula is C15H27N3O2. The molecule has 2 fully saturated rings. The van der Waals surface area contributed by atoms with Crippen LogP contribution in [0, 0.1) is 0 Å². The van der Waals surface area contributed by atoms with E-state index in [-0.39, 0.29) is 24.4 Å². The van der Waals surface area contributed by atoms with Gasteiger partial charge in [-0.2, -0.15) is 0 Å². The van der Waals surface area contributed by atoms with Crippen molar-refractivity contribution in [3.8, 4) is 0 Å². The molecule has 5 heteroatoms. The number of carbonyl (C=O) groups is 2. The molecule has 0 spiro atoms. The first-order valence-electron chi connectivity index (χ1n) is 7.82. The molecule has 0 radical (unpaired) electrons. The molecule has 2 rings (SSSR count). The standard InChI is InChI=1S/C15H27N3O2/c1-11(2)17(9-14(16)19)10-15(20)18(13-7-8-13)12-5-3-4-6-12/h11-13H,3-10H2,1-2H3,(H2,16,19). The minimum Gasteiger partial charge on any atom is -0.369 e. The van der Waals surface area contributed by atoms with Gasteiger partial charge in [0.15, 0.2) is 0 Å². The van der Waals surface area contributed by atoms with Crippen LogP contribution in [0.15, 0.2) is 0 Å². The van der Waals surface area contributed by atoms with Crippen molar-refractivity contribution in [2.75, 3.05) is 13.1 Å². The van der Waals surface area contributed by atoms with Crippen LogP contribution in [0.4, 0.5) is 0 Å². The molecule has 0 aromatic carbocycles. The van der Waals surface area contributed by atoms with Gasteiger partial charge in [0.25, 0.3) is 0 Å². The van der Waals surface area contributed by atoms with Crippen LogP contribution in [-0.4, -0.2) is 52.8 Å². The summed E-state index contributed by atoms with van der Waals surface area (Å²) in [6, 6.07) is 1.03. The van der Waals surface area contributed by atoms with Crippen LogP contribution >= 0.6 is 0 Å². The quantitative estimate of drug-likeness (QED) is 0.760. The molecule has 0 saturated heterocycles.